The Morgan fingerprint density at radius 3 is 2.54 bits per heavy atom. The van der Waals surface area contributed by atoms with Gasteiger partial charge >= 0.3 is 5.97 Å². The molecule has 6 rings (SSSR count). The van der Waals surface area contributed by atoms with Crippen molar-refractivity contribution < 1.29 is 14.3 Å². The van der Waals surface area contributed by atoms with Gasteiger partial charge in [0.25, 0.3) is 5.91 Å². The average molecular weight is 521 g/mol. The summed E-state index contributed by atoms with van der Waals surface area (Å²) in [5, 5.41) is 8.79. The van der Waals surface area contributed by atoms with Crippen molar-refractivity contribution in [1.82, 2.24) is 24.5 Å². The van der Waals surface area contributed by atoms with Gasteiger partial charge in [-0.2, -0.15) is 9.61 Å². The lowest BCUT2D eigenvalue weighted by molar-refractivity contribution is 0.0528. The molecule has 4 heterocycles. The van der Waals surface area contributed by atoms with Crippen molar-refractivity contribution in [3.05, 3.63) is 95.9 Å². The number of para-hydroxylation sites is 1. The highest BCUT2D eigenvalue weighted by molar-refractivity contribution is 6.02. The Hall–Kier alpha value is -4.79. The van der Waals surface area contributed by atoms with E-state index in [-0.39, 0.29) is 18.1 Å². The molecule has 1 saturated heterocycles. The van der Waals surface area contributed by atoms with Gasteiger partial charge in [-0.1, -0.05) is 48.5 Å². The van der Waals surface area contributed by atoms with E-state index in [1.807, 2.05) is 41.3 Å². The number of rotatable bonds is 6. The molecule has 9 nitrogen and oxygen atoms in total. The molecule has 196 valence electrons. The average Bonchev–Trinajstić information content (AvgIpc) is 3.43. The summed E-state index contributed by atoms with van der Waals surface area (Å²) in [5.74, 6) is 0.192. The molecule has 0 aliphatic carbocycles. The molecule has 9 heteroatoms. The second kappa shape index (κ2) is 10.5. The molecule has 2 aromatic carbocycles. The van der Waals surface area contributed by atoms with Gasteiger partial charge < -0.3 is 15.0 Å². The number of pyridine rings is 1. The highest BCUT2D eigenvalue weighted by Gasteiger charge is 2.28. The molecule has 0 atom stereocenters. The zero-order chi connectivity index (χ0) is 26.8. The molecule has 0 radical (unpaired) electrons. The Bertz CT molecular complexity index is 1650. The highest BCUT2D eigenvalue weighted by atomic mass is 16.5. The number of carbonyl (C=O) groups excluding carboxylic acids is 2. The van der Waals surface area contributed by atoms with Gasteiger partial charge in [-0.15, -0.1) is 0 Å². The number of carbonyl (C=O) groups is 2. The van der Waals surface area contributed by atoms with E-state index in [0.717, 1.165) is 23.7 Å². The largest absolute Gasteiger partial charge is 0.462 e. The van der Waals surface area contributed by atoms with Crippen LogP contribution in [0.15, 0.2) is 79.3 Å². The van der Waals surface area contributed by atoms with Crippen LogP contribution in [0.2, 0.25) is 0 Å². The quantitative estimate of drug-likeness (QED) is 0.306. The number of esters is 1. The smallest absolute Gasteiger partial charge is 0.343 e. The maximum absolute atomic E-state index is 13.9. The molecule has 1 amide bonds. The summed E-state index contributed by atoms with van der Waals surface area (Å²) in [6.45, 7) is 3.26. The number of anilines is 2. The van der Waals surface area contributed by atoms with Crippen molar-refractivity contribution in [3.63, 3.8) is 0 Å². The van der Waals surface area contributed by atoms with E-state index in [1.54, 1.807) is 13.1 Å². The first-order valence-electron chi connectivity index (χ1n) is 13.1. The maximum Gasteiger partial charge on any atom is 0.343 e. The molecule has 0 spiro atoms. The van der Waals surface area contributed by atoms with Gasteiger partial charge in [0, 0.05) is 30.9 Å². The number of benzene rings is 2. The van der Waals surface area contributed by atoms with Crippen LogP contribution in [-0.2, 0) is 4.74 Å². The van der Waals surface area contributed by atoms with Crippen molar-refractivity contribution in [2.24, 2.45) is 0 Å². The second-order valence-corrected chi connectivity index (χ2v) is 9.52. The predicted molar refractivity (Wildman–Crippen MR) is 148 cm³/mol. The van der Waals surface area contributed by atoms with Crippen molar-refractivity contribution >= 4 is 39.9 Å². The number of piperidine rings is 1. The third kappa shape index (κ3) is 4.67. The van der Waals surface area contributed by atoms with Gasteiger partial charge in [-0.3, -0.25) is 9.78 Å². The second-order valence-electron chi connectivity index (χ2n) is 9.52. The van der Waals surface area contributed by atoms with Crippen LogP contribution >= 0.6 is 0 Å². The lowest BCUT2D eigenvalue weighted by Gasteiger charge is -2.32. The fourth-order valence-electron chi connectivity index (χ4n) is 5.20. The Morgan fingerprint density at radius 2 is 1.74 bits per heavy atom. The molecule has 39 heavy (non-hydrogen) atoms. The standard InChI is InChI=1S/C30H28N6O3/c1-2-39-30(38)24-19-33-36-27(24)32-18-23(28(36)34-25-12-6-10-22-11-7-15-31-26(22)25)29(37)35-16-13-21(14-17-35)20-8-4-3-5-9-20/h3-12,15,18-19,21,34H,2,13-14,16-17H2,1H3. The molecule has 3 aromatic heterocycles. The topological polar surface area (TPSA) is 102 Å². The van der Waals surface area contributed by atoms with Gasteiger partial charge in [-0.25, -0.2) is 9.78 Å². The maximum atomic E-state index is 13.9. The van der Waals surface area contributed by atoms with Crippen LogP contribution in [0.3, 0.4) is 0 Å². The van der Waals surface area contributed by atoms with Crippen molar-refractivity contribution in [3.8, 4) is 0 Å². The van der Waals surface area contributed by atoms with Crippen LogP contribution in [0.4, 0.5) is 11.5 Å². The van der Waals surface area contributed by atoms with Gasteiger partial charge in [0.1, 0.15) is 16.9 Å². The van der Waals surface area contributed by atoms with Crippen molar-refractivity contribution in [2.45, 2.75) is 25.7 Å². The summed E-state index contributed by atoms with van der Waals surface area (Å²) < 4.78 is 6.69. The first kappa shape index (κ1) is 24.5. The van der Waals surface area contributed by atoms with E-state index < -0.39 is 5.97 Å². The van der Waals surface area contributed by atoms with Crippen LogP contribution in [0.25, 0.3) is 16.6 Å². The molecular weight excluding hydrogens is 492 g/mol. The van der Waals surface area contributed by atoms with Crippen LogP contribution in [0.5, 0.6) is 0 Å². The van der Waals surface area contributed by atoms with E-state index in [4.69, 9.17) is 4.74 Å². The Kier molecular flexibility index (Phi) is 6.62. The predicted octanol–water partition coefficient (Wildman–Crippen LogP) is 5.22. The summed E-state index contributed by atoms with van der Waals surface area (Å²) in [5.41, 5.74) is 3.69. The fraction of sp³-hybridized carbons (Fsp3) is 0.233. The van der Waals surface area contributed by atoms with Crippen LogP contribution < -0.4 is 5.32 Å². The highest BCUT2D eigenvalue weighted by Crippen LogP contribution is 2.31. The number of fused-ring (bicyclic) bond motifs is 2. The number of ether oxygens (including phenoxy) is 1. The molecular formula is C30H28N6O3. The number of hydrogen-bond acceptors (Lipinski definition) is 7. The van der Waals surface area contributed by atoms with Crippen LogP contribution in [0.1, 0.15) is 52.0 Å². The van der Waals surface area contributed by atoms with Crippen LogP contribution in [0, 0.1) is 0 Å². The van der Waals surface area contributed by atoms with E-state index >= 15 is 0 Å². The van der Waals surface area contributed by atoms with Gasteiger partial charge in [0.05, 0.1) is 24.0 Å². The third-order valence-electron chi connectivity index (χ3n) is 7.19. The van der Waals surface area contributed by atoms with Crippen molar-refractivity contribution in [2.75, 3.05) is 25.0 Å². The Balaban J connectivity index is 1.37. The lowest BCUT2D eigenvalue weighted by atomic mass is 9.89. The Morgan fingerprint density at radius 1 is 0.949 bits per heavy atom. The Labute approximate surface area is 225 Å². The first-order valence-corrected chi connectivity index (χ1v) is 13.1. The van der Waals surface area contributed by atoms with Crippen molar-refractivity contribution in [1.29, 1.82) is 0 Å². The summed E-state index contributed by atoms with van der Waals surface area (Å²) in [6, 6.07) is 20.1. The normalized spacial score (nSPS) is 14.0. The first-order chi connectivity index (χ1) is 19.1. The molecule has 1 aliphatic heterocycles. The van der Waals surface area contributed by atoms with Gasteiger partial charge in [0.15, 0.2) is 5.65 Å². The minimum Gasteiger partial charge on any atom is -0.462 e. The number of likely N-dealkylation sites (tertiary alicyclic amines) is 1. The van der Waals surface area contributed by atoms with E-state index in [9.17, 15) is 9.59 Å². The minimum absolute atomic E-state index is 0.139. The summed E-state index contributed by atoms with van der Waals surface area (Å²) in [6.07, 6.45) is 6.44. The number of amides is 1. The zero-order valence-electron chi connectivity index (χ0n) is 21.6. The van der Waals surface area contributed by atoms with E-state index in [1.165, 1.54) is 22.5 Å². The fourth-order valence-corrected chi connectivity index (χ4v) is 5.20. The van der Waals surface area contributed by atoms with Gasteiger partial charge in [-0.05, 0) is 43.4 Å². The van der Waals surface area contributed by atoms with Crippen LogP contribution in [-0.4, -0.2) is 56.1 Å². The zero-order valence-corrected chi connectivity index (χ0v) is 21.6. The number of nitrogens with zero attached hydrogens (tertiary/aromatic N) is 5. The molecule has 1 N–H and O–H groups in total. The molecule has 5 aromatic rings. The lowest BCUT2D eigenvalue weighted by Crippen LogP contribution is -2.38. The number of hydrogen-bond donors (Lipinski definition) is 1. The van der Waals surface area contributed by atoms with Gasteiger partial charge in [0.2, 0.25) is 0 Å². The number of nitrogens with one attached hydrogen (secondary N) is 1. The summed E-state index contributed by atoms with van der Waals surface area (Å²) in [7, 11) is 0. The minimum atomic E-state index is -0.514. The SMILES string of the molecule is CCOC(=O)c1cnn2c(Nc3cccc4cccnc34)c(C(=O)N3CCC(c4ccccc4)CC3)cnc12. The molecule has 0 bridgehead atoms. The third-order valence-corrected chi connectivity index (χ3v) is 7.19. The monoisotopic (exact) mass is 520 g/mol. The summed E-state index contributed by atoms with van der Waals surface area (Å²) in [4.78, 5) is 37.3. The molecule has 0 saturated carbocycles. The molecule has 0 unspecified atom stereocenters. The number of aromatic nitrogens is 4. The molecule has 1 fully saturated rings. The molecule has 1 aliphatic rings. The van der Waals surface area contributed by atoms with E-state index in [0.29, 0.717) is 41.7 Å². The van der Waals surface area contributed by atoms with E-state index in [2.05, 4.69) is 44.6 Å². The summed E-state index contributed by atoms with van der Waals surface area (Å²) >= 11 is 0.